The number of aromatic hydroxyl groups is 1. The molecule has 2 atom stereocenters. The Hall–Kier alpha value is -2.89. The molecule has 25 heavy (non-hydrogen) atoms. The summed E-state index contributed by atoms with van der Waals surface area (Å²) in [5.41, 5.74) is 1.16. The third-order valence-corrected chi connectivity index (χ3v) is 5.42. The number of carbonyl (C=O) groups excluding carboxylic acids is 1. The van der Waals surface area contributed by atoms with E-state index in [0.717, 1.165) is 37.1 Å². The molecule has 0 saturated heterocycles. The van der Waals surface area contributed by atoms with Crippen LogP contribution in [-0.4, -0.2) is 26.4 Å². The fraction of sp³-hybridized carbons (Fsp3) is 0.316. The third kappa shape index (κ3) is 1.94. The van der Waals surface area contributed by atoms with Crippen molar-refractivity contribution >= 4 is 17.4 Å². The molecule has 2 unspecified atom stereocenters. The summed E-state index contributed by atoms with van der Waals surface area (Å²) in [4.78, 5) is 19.4. The van der Waals surface area contributed by atoms with Crippen LogP contribution in [0.15, 0.2) is 48.8 Å². The Balaban J connectivity index is 1.74. The van der Waals surface area contributed by atoms with E-state index in [9.17, 15) is 9.90 Å². The Labute approximate surface area is 145 Å². The van der Waals surface area contributed by atoms with Crippen molar-refractivity contribution < 1.29 is 14.5 Å². The molecule has 126 valence electrons. The molecule has 1 saturated carbocycles. The Morgan fingerprint density at radius 2 is 2.00 bits per heavy atom. The molecule has 1 N–H and O–H groups in total. The first-order valence-corrected chi connectivity index (χ1v) is 8.75. The van der Waals surface area contributed by atoms with Crippen LogP contribution in [0.1, 0.15) is 42.2 Å². The molecule has 0 aromatic carbocycles. The minimum Gasteiger partial charge on any atom is -0.481 e. The number of fused-ring (bicyclic) bond motifs is 5. The number of anilines is 1. The van der Waals surface area contributed by atoms with Gasteiger partial charge >= 0.3 is 11.9 Å². The van der Waals surface area contributed by atoms with Gasteiger partial charge < -0.3 is 5.11 Å². The highest BCUT2D eigenvalue weighted by Gasteiger charge is 2.53. The molecule has 1 amide bonds. The molecule has 3 aromatic rings. The van der Waals surface area contributed by atoms with E-state index in [4.69, 9.17) is 0 Å². The molecule has 2 aliphatic rings. The summed E-state index contributed by atoms with van der Waals surface area (Å²) >= 11 is 0. The Morgan fingerprint density at radius 1 is 1.16 bits per heavy atom. The van der Waals surface area contributed by atoms with Gasteiger partial charge in [0.25, 0.3) is 5.88 Å². The number of amides is 1. The molecule has 5 rings (SSSR count). The minimum atomic E-state index is -0.105. The number of hydrogen-bond donors (Lipinski definition) is 1. The molecule has 6 heteroatoms. The zero-order valence-electron chi connectivity index (χ0n) is 13.7. The number of carbonyl (C=O) groups is 1. The molecule has 0 bridgehead atoms. The molecule has 1 aliphatic carbocycles. The van der Waals surface area contributed by atoms with Crippen LogP contribution in [-0.2, 0) is 0 Å². The highest BCUT2D eigenvalue weighted by molar-refractivity contribution is 6.04. The fourth-order valence-electron chi connectivity index (χ4n) is 4.37. The van der Waals surface area contributed by atoms with Crippen LogP contribution in [0.3, 0.4) is 0 Å². The predicted molar refractivity (Wildman–Crippen MR) is 91.6 cm³/mol. The number of aromatic nitrogens is 3. The number of imidazole rings is 1. The summed E-state index contributed by atoms with van der Waals surface area (Å²) < 4.78 is 3.86. The summed E-state index contributed by atoms with van der Waals surface area (Å²) in [6, 6.07) is 11.3. The van der Waals surface area contributed by atoms with E-state index >= 15 is 0 Å². The maximum absolute atomic E-state index is 13.3. The van der Waals surface area contributed by atoms with E-state index in [-0.39, 0.29) is 23.9 Å². The average Bonchev–Trinajstić information content (AvgIpc) is 3.16. The van der Waals surface area contributed by atoms with Gasteiger partial charge in [0.2, 0.25) is 0 Å². The van der Waals surface area contributed by atoms with E-state index in [0.29, 0.717) is 5.69 Å². The van der Waals surface area contributed by atoms with Crippen molar-refractivity contribution in [2.24, 2.45) is 0 Å². The average molecular weight is 335 g/mol. The predicted octanol–water partition coefficient (Wildman–Crippen LogP) is 2.47. The van der Waals surface area contributed by atoms with Crippen molar-refractivity contribution in [2.75, 3.05) is 4.90 Å². The van der Waals surface area contributed by atoms with Crippen molar-refractivity contribution in [3.63, 3.8) is 0 Å². The van der Waals surface area contributed by atoms with Crippen molar-refractivity contribution in [1.29, 1.82) is 0 Å². The maximum Gasteiger partial charge on any atom is 0.376 e. The lowest BCUT2D eigenvalue weighted by Gasteiger charge is -2.26. The highest BCUT2D eigenvalue weighted by Crippen LogP contribution is 2.41. The molecule has 1 aliphatic heterocycles. The Bertz CT molecular complexity index is 966. The summed E-state index contributed by atoms with van der Waals surface area (Å²) in [5.74, 6) is 0.872. The smallest absolute Gasteiger partial charge is 0.376 e. The van der Waals surface area contributed by atoms with E-state index in [1.54, 1.807) is 12.3 Å². The summed E-state index contributed by atoms with van der Waals surface area (Å²) in [7, 11) is 0. The van der Waals surface area contributed by atoms with Crippen LogP contribution in [0.5, 0.6) is 5.88 Å². The van der Waals surface area contributed by atoms with Crippen LogP contribution in [0.4, 0.5) is 5.95 Å². The second-order valence-electron chi connectivity index (χ2n) is 6.76. The van der Waals surface area contributed by atoms with Crippen molar-refractivity contribution in [3.05, 3.63) is 54.5 Å². The highest BCUT2D eigenvalue weighted by atomic mass is 16.3. The minimum absolute atomic E-state index is 0.0706. The number of nitrogens with zero attached hydrogens (tertiary/aromatic N) is 4. The molecule has 4 heterocycles. The number of rotatable bonds is 1. The van der Waals surface area contributed by atoms with E-state index in [1.165, 1.54) is 0 Å². The second kappa shape index (κ2) is 5.31. The van der Waals surface area contributed by atoms with E-state index in [1.807, 2.05) is 50.4 Å². The van der Waals surface area contributed by atoms with Gasteiger partial charge in [-0.05, 0) is 49.9 Å². The first-order chi connectivity index (χ1) is 12.3. The van der Waals surface area contributed by atoms with Crippen molar-refractivity contribution in [2.45, 2.75) is 37.8 Å². The van der Waals surface area contributed by atoms with Gasteiger partial charge in [0.05, 0.1) is 6.20 Å². The first kappa shape index (κ1) is 14.5. The molecule has 1 fully saturated rings. The van der Waals surface area contributed by atoms with Gasteiger partial charge in [-0.3, -0.25) is 0 Å². The van der Waals surface area contributed by atoms with E-state index < -0.39 is 0 Å². The van der Waals surface area contributed by atoms with Crippen LogP contribution in [0.25, 0.3) is 5.52 Å². The van der Waals surface area contributed by atoms with Crippen LogP contribution < -0.4 is 9.47 Å². The summed E-state index contributed by atoms with van der Waals surface area (Å²) in [6.45, 7) is 0. The SMILES string of the molecule is O=C(c1ccccn1)N1c2n3ccccc3c(O)[n+]2C2CCCCC21. The zero-order valence-corrected chi connectivity index (χ0v) is 13.7. The van der Waals surface area contributed by atoms with Crippen LogP contribution in [0, 0.1) is 0 Å². The molecule has 6 nitrogen and oxygen atoms in total. The lowest BCUT2D eigenvalue weighted by atomic mass is 9.90. The molecular formula is C19H19N4O2+. The van der Waals surface area contributed by atoms with Gasteiger partial charge in [-0.25, -0.2) is 9.78 Å². The molecule has 0 radical (unpaired) electrons. The van der Waals surface area contributed by atoms with Crippen LogP contribution >= 0.6 is 0 Å². The molecule has 3 aromatic heterocycles. The van der Waals surface area contributed by atoms with Gasteiger partial charge in [0.1, 0.15) is 17.8 Å². The third-order valence-electron chi connectivity index (χ3n) is 5.42. The normalized spacial score (nSPS) is 22.0. The lowest BCUT2D eigenvalue weighted by molar-refractivity contribution is -0.705. The van der Waals surface area contributed by atoms with E-state index in [2.05, 4.69) is 4.98 Å². The fourth-order valence-corrected chi connectivity index (χ4v) is 4.37. The summed E-state index contributed by atoms with van der Waals surface area (Å²) in [6.07, 6.45) is 7.67. The standard InChI is InChI=1S/C19H18N4O2/c24-17(13-7-3-5-11-20-13)22-14-8-1-2-9-15(14)23-18(25)16-10-4-6-12-21(16)19(22)23/h3-7,10-12,14-15H,1-2,8-9H2/p+1. The number of hydrogen-bond acceptors (Lipinski definition) is 3. The van der Waals surface area contributed by atoms with Crippen LogP contribution in [0.2, 0.25) is 0 Å². The topological polar surface area (TPSA) is 61.7 Å². The summed E-state index contributed by atoms with van der Waals surface area (Å²) in [5, 5.41) is 10.8. The molecular weight excluding hydrogens is 316 g/mol. The van der Waals surface area contributed by atoms with Gasteiger partial charge in [-0.15, -0.1) is 0 Å². The lowest BCUT2D eigenvalue weighted by Crippen LogP contribution is -2.44. The van der Waals surface area contributed by atoms with Gasteiger partial charge in [0, 0.05) is 6.20 Å². The largest absolute Gasteiger partial charge is 0.481 e. The Kier molecular flexibility index (Phi) is 3.07. The monoisotopic (exact) mass is 335 g/mol. The second-order valence-corrected chi connectivity index (χ2v) is 6.76. The Morgan fingerprint density at radius 3 is 2.84 bits per heavy atom. The van der Waals surface area contributed by atoms with Gasteiger partial charge in [-0.2, -0.15) is 13.9 Å². The maximum atomic E-state index is 13.3. The van der Waals surface area contributed by atoms with Crippen molar-refractivity contribution in [3.8, 4) is 5.88 Å². The first-order valence-electron chi connectivity index (χ1n) is 8.75. The quantitative estimate of drug-likeness (QED) is 0.695. The van der Waals surface area contributed by atoms with Gasteiger partial charge in [0.15, 0.2) is 5.52 Å². The zero-order chi connectivity index (χ0) is 17.0. The van der Waals surface area contributed by atoms with Crippen molar-refractivity contribution in [1.82, 2.24) is 9.38 Å². The van der Waals surface area contributed by atoms with Gasteiger partial charge in [-0.1, -0.05) is 12.1 Å². The number of pyridine rings is 2. The molecule has 0 spiro atoms.